The highest BCUT2D eigenvalue weighted by Crippen LogP contribution is 2.46. The number of epoxide rings is 1. The van der Waals surface area contributed by atoms with Crippen molar-refractivity contribution in [3.8, 4) is 23.0 Å². The lowest BCUT2D eigenvalue weighted by molar-refractivity contribution is -0.151. The Morgan fingerprint density at radius 3 is 1.28 bits per heavy atom. The standard InChI is InChI=1S/C62H88O14/c1-57(2,3)47-27-39(15-19-51(47)66)61(13,40-16-20-52(67)48(28-40)58(4,5)6)25-23-56(70)76-35-44(65)33-72-45(31-63)36-71-32-43(64)34-75-55(69)24-26-62(14,41-17-21-53(68)49(29-41)59(7,8)9)42-18-22-54(74-38-46-37-73-46)50(30-42)60(10,11)12/h15-22,27-30,43-46,63-68H,23-26,31-38H2,1-14H3. The molecule has 14 nitrogen and oxygen atoms in total. The molecule has 76 heavy (non-hydrogen) atoms. The summed E-state index contributed by atoms with van der Waals surface area (Å²) in [4.78, 5) is 26.6. The summed E-state index contributed by atoms with van der Waals surface area (Å²) in [6.45, 7) is 28.0. The maximum Gasteiger partial charge on any atom is 0.305 e. The van der Waals surface area contributed by atoms with Crippen molar-refractivity contribution < 1.29 is 68.6 Å². The van der Waals surface area contributed by atoms with Crippen LogP contribution in [0.5, 0.6) is 23.0 Å². The topological polar surface area (TPSA) is 214 Å². The van der Waals surface area contributed by atoms with Gasteiger partial charge in [0.1, 0.15) is 67.2 Å². The van der Waals surface area contributed by atoms with E-state index in [2.05, 4.69) is 33.8 Å². The molecule has 4 aromatic carbocycles. The van der Waals surface area contributed by atoms with Gasteiger partial charge in [0.15, 0.2) is 0 Å². The van der Waals surface area contributed by atoms with Crippen LogP contribution in [0.4, 0.5) is 0 Å². The summed E-state index contributed by atoms with van der Waals surface area (Å²) in [6, 6.07) is 22.7. The normalized spacial score (nSPS) is 16.4. The quantitative estimate of drug-likeness (QED) is 0.0269. The highest BCUT2D eigenvalue weighted by Gasteiger charge is 2.36. The lowest BCUT2D eigenvalue weighted by Gasteiger charge is -2.34. The zero-order chi connectivity index (χ0) is 56.6. The first-order valence-corrected chi connectivity index (χ1v) is 26.6. The minimum Gasteiger partial charge on any atom is -0.508 e. The number of aliphatic hydroxyl groups excluding tert-OH is 3. The molecular formula is C62H88O14. The molecular weight excluding hydrogens is 969 g/mol. The van der Waals surface area contributed by atoms with E-state index in [4.69, 9.17) is 28.4 Å². The summed E-state index contributed by atoms with van der Waals surface area (Å²) in [5, 5.41) is 63.9. The Kier molecular flexibility index (Phi) is 20.3. The molecule has 5 unspecified atom stereocenters. The van der Waals surface area contributed by atoms with Gasteiger partial charge in [0.2, 0.25) is 0 Å². The third kappa shape index (κ3) is 16.6. The van der Waals surface area contributed by atoms with Crippen molar-refractivity contribution in [2.45, 2.75) is 180 Å². The van der Waals surface area contributed by atoms with Crippen LogP contribution in [0.3, 0.4) is 0 Å². The van der Waals surface area contributed by atoms with E-state index in [0.717, 1.165) is 50.3 Å². The number of esters is 2. The fourth-order valence-corrected chi connectivity index (χ4v) is 9.34. The Morgan fingerprint density at radius 2 is 0.908 bits per heavy atom. The van der Waals surface area contributed by atoms with E-state index in [-0.39, 0.29) is 90.9 Å². The third-order valence-electron chi connectivity index (χ3n) is 14.5. The monoisotopic (exact) mass is 1060 g/mol. The van der Waals surface area contributed by atoms with Crippen molar-refractivity contribution in [2.24, 2.45) is 0 Å². The van der Waals surface area contributed by atoms with Crippen LogP contribution < -0.4 is 4.74 Å². The Morgan fingerprint density at radius 1 is 0.539 bits per heavy atom. The van der Waals surface area contributed by atoms with E-state index >= 15 is 0 Å². The number of aliphatic hydroxyl groups is 3. The number of phenolic OH excluding ortho intramolecular Hbond substituents is 3. The lowest BCUT2D eigenvalue weighted by Crippen LogP contribution is -2.33. The van der Waals surface area contributed by atoms with Gasteiger partial charge >= 0.3 is 11.9 Å². The van der Waals surface area contributed by atoms with Gasteiger partial charge in [-0.05, 0) is 103 Å². The van der Waals surface area contributed by atoms with E-state index in [0.29, 0.717) is 26.1 Å². The van der Waals surface area contributed by atoms with Crippen molar-refractivity contribution in [1.29, 1.82) is 0 Å². The number of aromatic hydroxyl groups is 3. The molecule has 0 spiro atoms. The molecule has 0 saturated carbocycles. The molecule has 14 heteroatoms. The number of phenols is 3. The summed E-state index contributed by atoms with van der Waals surface area (Å²) in [5.41, 5.74) is 4.15. The molecule has 0 bridgehead atoms. The van der Waals surface area contributed by atoms with E-state index < -0.39 is 47.7 Å². The molecule has 1 aliphatic rings. The highest BCUT2D eigenvalue weighted by molar-refractivity contribution is 5.70. The van der Waals surface area contributed by atoms with Crippen molar-refractivity contribution in [3.63, 3.8) is 0 Å². The fraction of sp³-hybridized carbons (Fsp3) is 0.581. The second-order valence-electron chi connectivity index (χ2n) is 25.2. The first-order valence-electron chi connectivity index (χ1n) is 26.6. The maximum atomic E-state index is 13.4. The minimum atomic E-state index is -1.22. The number of carbonyl (C=O) groups is 2. The molecule has 4 aromatic rings. The van der Waals surface area contributed by atoms with E-state index in [1.54, 1.807) is 18.2 Å². The molecule has 6 N–H and O–H groups in total. The van der Waals surface area contributed by atoms with Crippen molar-refractivity contribution in [1.82, 2.24) is 0 Å². The van der Waals surface area contributed by atoms with Gasteiger partial charge in [-0.25, -0.2) is 0 Å². The van der Waals surface area contributed by atoms with Gasteiger partial charge in [0.05, 0.1) is 33.0 Å². The maximum absolute atomic E-state index is 13.4. The third-order valence-corrected chi connectivity index (χ3v) is 14.5. The van der Waals surface area contributed by atoms with Gasteiger partial charge in [-0.3, -0.25) is 9.59 Å². The minimum absolute atomic E-state index is 0.00975. The van der Waals surface area contributed by atoms with Gasteiger partial charge in [-0.15, -0.1) is 0 Å². The molecule has 0 amide bonds. The van der Waals surface area contributed by atoms with Gasteiger partial charge in [-0.2, -0.15) is 0 Å². The smallest absolute Gasteiger partial charge is 0.305 e. The number of rotatable bonds is 25. The summed E-state index contributed by atoms with van der Waals surface area (Å²) < 4.78 is 33.9. The van der Waals surface area contributed by atoms with Crippen LogP contribution in [0.15, 0.2) is 72.8 Å². The van der Waals surface area contributed by atoms with E-state index in [1.807, 2.05) is 118 Å². The second kappa shape index (κ2) is 25.1. The number of hydrogen-bond donors (Lipinski definition) is 6. The molecule has 1 fully saturated rings. The molecule has 0 radical (unpaired) electrons. The summed E-state index contributed by atoms with van der Waals surface area (Å²) >= 11 is 0. The van der Waals surface area contributed by atoms with Crippen molar-refractivity contribution in [2.75, 3.05) is 52.9 Å². The van der Waals surface area contributed by atoms with Crippen molar-refractivity contribution >= 4 is 11.9 Å². The summed E-state index contributed by atoms with van der Waals surface area (Å²) in [5.74, 6) is 0.263. The Balaban J connectivity index is 1.12. The van der Waals surface area contributed by atoms with Crippen LogP contribution in [0.25, 0.3) is 0 Å². The zero-order valence-corrected chi connectivity index (χ0v) is 47.7. The van der Waals surface area contributed by atoms with Crippen LogP contribution in [0, 0.1) is 0 Å². The van der Waals surface area contributed by atoms with Crippen LogP contribution >= 0.6 is 0 Å². The predicted octanol–water partition coefficient (Wildman–Crippen LogP) is 9.85. The van der Waals surface area contributed by atoms with Gasteiger partial charge in [0, 0.05) is 23.7 Å². The number of carbonyl (C=O) groups excluding carboxylic acids is 2. The van der Waals surface area contributed by atoms with Gasteiger partial charge < -0.3 is 59.1 Å². The first-order chi connectivity index (χ1) is 35.3. The number of benzene rings is 4. The average molecular weight is 1060 g/mol. The van der Waals surface area contributed by atoms with E-state index in [1.165, 1.54) is 0 Å². The Labute approximate surface area is 451 Å². The Hall–Kier alpha value is -5.22. The molecule has 1 aliphatic heterocycles. The zero-order valence-electron chi connectivity index (χ0n) is 47.7. The first kappa shape index (κ1) is 61.6. The molecule has 1 heterocycles. The van der Waals surface area contributed by atoms with Gasteiger partial charge in [0.25, 0.3) is 0 Å². The summed E-state index contributed by atoms with van der Waals surface area (Å²) in [7, 11) is 0. The van der Waals surface area contributed by atoms with Crippen LogP contribution in [0.1, 0.15) is 167 Å². The van der Waals surface area contributed by atoms with Crippen LogP contribution in [0.2, 0.25) is 0 Å². The SMILES string of the molecule is CC(C)(C)c1cc(C(C)(CCC(=O)OCC(O)COCC(CO)OCC(O)COC(=O)CCC(C)(c2ccc(O)c(C(C)(C)C)c2)c2ccc(O)c(C(C)(C)C)c2)c2ccc(OCC3CO3)c(C(C)(C)C)c2)ccc1O. The van der Waals surface area contributed by atoms with Crippen LogP contribution in [-0.2, 0) is 65.8 Å². The number of ether oxygens (including phenoxy) is 6. The summed E-state index contributed by atoms with van der Waals surface area (Å²) in [6.07, 6.45) is -2.50. The molecule has 420 valence electrons. The molecule has 5 atom stereocenters. The molecule has 0 aromatic heterocycles. The Bertz CT molecular complexity index is 2510. The fourth-order valence-electron chi connectivity index (χ4n) is 9.34. The van der Waals surface area contributed by atoms with E-state index in [9.17, 15) is 40.2 Å². The molecule has 1 saturated heterocycles. The van der Waals surface area contributed by atoms with Gasteiger partial charge in [-0.1, -0.05) is 145 Å². The largest absolute Gasteiger partial charge is 0.508 e. The number of hydrogen-bond acceptors (Lipinski definition) is 14. The predicted molar refractivity (Wildman–Crippen MR) is 294 cm³/mol. The van der Waals surface area contributed by atoms with Crippen LogP contribution in [-0.4, -0.2) is 120 Å². The van der Waals surface area contributed by atoms with Crippen molar-refractivity contribution in [3.05, 3.63) is 117 Å². The molecule has 5 rings (SSSR count). The molecule has 0 aliphatic carbocycles. The lowest BCUT2D eigenvalue weighted by atomic mass is 9.70. The second-order valence-corrected chi connectivity index (χ2v) is 25.2. The highest BCUT2D eigenvalue weighted by atomic mass is 16.6. The average Bonchev–Trinajstić information content (AvgIpc) is 4.17.